The number of nitrogens with one attached hydrogen (secondary N) is 1. The first-order valence-electron chi connectivity index (χ1n) is 6.59. The van der Waals surface area contributed by atoms with Gasteiger partial charge in [0.1, 0.15) is 5.82 Å². The normalized spacial score (nSPS) is 11.1. The second-order valence-corrected chi connectivity index (χ2v) is 4.76. The smallest absolute Gasteiger partial charge is 0.280 e. The molecule has 0 spiro atoms. The average Bonchev–Trinajstić information content (AvgIpc) is 2.93. The second-order valence-electron chi connectivity index (χ2n) is 4.76. The number of anilines is 1. The van der Waals surface area contributed by atoms with Gasteiger partial charge in [0.25, 0.3) is 5.56 Å². The molecule has 0 amide bonds. The number of aromatic nitrogens is 4. The Kier molecular flexibility index (Phi) is 3.39. The van der Waals surface area contributed by atoms with Crippen molar-refractivity contribution in [2.45, 2.75) is 19.4 Å². The van der Waals surface area contributed by atoms with E-state index in [0.717, 1.165) is 12.0 Å². The summed E-state index contributed by atoms with van der Waals surface area (Å²) < 4.78 is 14.2. The molecule has 1 aromatic carbocycles. The van der Waals surface area contributed by atoms with Crippen LogP contribution >= 0.6 is 0 Å². The third kappa shape index (κ3) is 2.62. The predicted molar refractivity (Wildman–Crippen MR) is 77.3 cm³/mol. The van der Waals surface area contributed by atoms with Crippen molar-refractivity contribution in [3.63, 3.8) is 0 Å². The predicted octanol–water partition coefficient (Wildman–Crippen LogP) is 1.47. The fraction of sp³-hybridized carbons (Fsp3) is 0.214. The van der Waals surface area contributed by atoms with E-state index in [4.69, 9.17) is 5.73 Å². The number of hydrogen-bond acceptors (Lipinski definition) is 4. The van der Waals surface area contributed by atoms with Crippen molar-refractivity contribution in [1.82, 2.24) is 19.5 Å². The van der Waals surface area contributed by atoms with Gasteiger partial charge in [0, 0.05) is 6.54 Å². The Labute approximate surface area is 119 Å². The standard InChI is InChI=1S/C14H14FN5O/c15-10-5-3-9(4-6-10)2-1-7-20-13(21)11-12(18-8-17-11)19-14(20)16/h3-6,8H,1-2,7H2,(H2,16,19)(H,17,18). The maximum absolute atomic E-state index is 12.8. The van der Waals surface area contributed by atoms with Crippen molar-refractivity contribution in [2.24, 2.45) is 0 Å². The van der Waals surface area contributed by atoms with Gasteiger partial charge in [-0.05, 0) is 30.5 Å². The van der Waals surface area contributed by atoms with Crippen LogP contribution in [0.3, 0.4) is 0 Å². The van der Waals surface area contributed by atoms with Crippen molar-refractivity contribution in [3.05, 3.63) is 52.3 Å². The number of nitrogen functional groups attached to an aromatic ring is 1. The maximum atomic E-state index is 12.8. The van der Waals surface area contributed by atoms with Gasteiger partial charge in [-0.15, -0.1) is 0 Å². The number of fused-ring (bicyclic) bond motifs is 1. The maximum Gasteiger partial charge on any atom is 0.280 e. The molecule has 3 N–H and O–H groups in total. The molecule has 0 aliphatic rings. The average molecular weight is 287 g/mol. The number of nitrogens with zero attached hydrogens (tertiary/aromatic N) is 3. The van der Waals surface area contributed by atoms with Crippen LogP contribution in [-0.4, -0.2) is 19.5 Å². The van der Waals surface area contributed by atoms with Crippen LogP contribution in [-0.2, 0) is 13.0 Å². The summed E-state index contributed by atoms with van der Waals surface area (Å²) in [5.74, 6) is -0.105. The molecule has 0 aliphatic heterocycles. The van der Waals surface area contributed by atoms with Crippen LogP contribution in [0.15, 0.2) is 35.4 Å². The van der Waals surface area contributed by atoms with Gasteiger partial charge < -0.3 is 10.7 Å². The second kappa shape index (κ2) is 5.35. The number of halogens is 1. The Morgan fingerprint density at radius 2 is 2.05 bits per heavy atom. The number of rotatable bonds is 4. The number of imidazole rings is 1. The fourth-order valence-corrected chi connectivity index (χ4v) is 2.25. The Morgan fingerprint density at radius 1 is 1.29 bits per heavy atom. The van der Waals surface area contributed by atoms with E-state index in [1.165, 1.54) is 23.0 Å². The number of H-pyrrole nitrogens is 1. The highest BCUT2D eigenvalue weighted by molar-refractivity contribution is 5.69. The summed E-state index contributed by atoms with van der Waals surface area (Å²) in [7, 11) is 0. The molecule has 0 saturated heterocycles. The molecule has 7 heteroatoms. The number of nitrogens with two attached hydrogens (primary N) is 1. The van der Waals surface area contributed by atoms with E-state index in [2.05, 4.69) is 15.0 Å². The molecule has 2 heterocycles. The van der Waals surface area contributed by atoms with Gasteiger partial charge in [-0.25, -0.2) is 9.37 Å². The van der Waals surface area contributed by atoms with E-state index in [9.17, 15) is 9.18 Å². The Hall–Kier alpha value is -2.70. The topological polar surface area (TPSA) is 89.6 Å². The molecule has 0 radical (unpaired) electrons. The lowest BCUT2D eigenvalue weighted by Gasteiger charge is -2.08. The van der Waals surface area contributed by atoms with E-state index in [1.807, 2.05) is 0 Å². The van der Waals surface area contributed by atoms with Gasteiger partial charge in [-0.1, -0.05) is 12.1 Å². The lowest BCUT2D eigenvalue weighted by Crippen LogP contribution is -2.25. The van der Waals surface area contributed by atoms with Gasteiger partial charge in [0.15, 0.2) is 11.2 Å². The molecule has 0 atom stereocenters. The van der Waals surface area contributed by atoms with Crippen LogP contribution in [0.25, 0.3) is 11.2 Å². The minimum atomic E-state index is -0.256. The van der Waals surface area contributed by atoms with Gasteiger partial charge in [-0.2, -0.15) is 4.98 Å². The zero-order valence-electron chi connectivity index (χ0n) is 11.2. The summed E-state index contributed by atoms with van der Waals surface area (Å²) in [4.78, 5) is 23.0. The monoisotopic (exact) mass is 287 g/mol. The van der Waals surface area contributed by atoms with Crippen LogP contribution in [0.1, 0.15) is 12.0 Å². The van der Waals surface area contributed by atoms with Crippen molar-refractivity contribution in [2.75, 3.05) is 5.73 Å². The molecule has 3 aromatic rings. The van der Waals surface area contributed by atoms with Crippen molar-refractivity contribution in [3.8, 4) is 0 Å². The molecule has 6 nitrogen and oxygen atoms in total. The minimum Gasteiger partial charge on any atom is -0.369 e. The van der Waals surface area contributed by atoms with E-state index >= 15 is 0 Å². The van der Waals surface area contributed by atoms with E-state index in [1.54, 1.807) is 12.1 Å². The molecule has 0 bridgehead atoms. The van der Waals surface area contributed by atoms with E-state index < -0.39 is 0 Å². The van der Waals surface area contributed by atoms with Crippen molar-refractivity contribution < 1.29 is 4.39 Å². The van der Waals surface area contributed by atoms with Crippen molar-refractivity contribution >= 4 is 17.1 Å². The molecule has 3 rings (SSSR count). The molecular weight excluding hydrogens is 273 g/mol. The van der Waals surface area contributed by atoms with E-state index in [0.29, 0.717) is 24.1 Å². The van der Waals surface area contributed by atoms with E-state index in [-0.39, 0.29) is 17.3 Å². The van der Waals surface area contributed by atoms with Gasteiger partial charge in [0.2, 0.25) is 5.95 Å². The first-order chi connectivity index (χ1) is 10.1. The molecular formula is C14H14FN5O. The number of aromatic amines is 1. The summed E-state index contributed by atoms with van der Waals surface area (Å²) in [5.41, 5.74) is 7.26. The third-order valence-corrected chi connectivity index (χ3v) is 3.34. The lowest BCUT2D eigenvalue weighted by molar-refractivity contribution is 0.618. The summed E-state index contributed by atoms with van der Waals surface area (Å²) in [6, 6.07) is 6.32. The van der Waals surface area contributed by atoms with Gasteiger partial charge >= 0.3 is 0 Å². The molecule has 108 valence electrons. The molecule has 0 fully saturated rings. The summed E-state index contributed by atoms with van der Waals surface area (Å²) in [6.45, 7) is 0.448. The first kappa shape index (κ1) is 13.3. The molecule has 0 aliphatic carbocycles. The molecule has 2 aromatic heterocycles. The number of benzene rings is 1. The highest BCUT2D eigenvalue weighted by atomic mass is 19.1. The zero-order chi connectivity index (χ0) is 14.8. The number of hydrogen-bond donors (Lipinski definition) is 2. The fourth-order valence-electron chi connectivity index (χ4n) is 2.25. The Morgan fingerprint density at radius 3 is 2.81 bits per heavy atom. The van der Waals surface area contributed by atoms with Crippen LogP contribution in [0.4, 0.5) is 10.3 Å². The molecule has 21 heavy (non-hydrogen) atoms. The SMILES string of the molecule is Nc1nc2nc[nH]c2c(=O)n1CCCc1ccc(F)cc1. The van der Waals surface area contributed by atoms with Gasteiger partial charge in [-0.3, -0.25) is 9.36 Å². The van der Waals surface area contributed by atoms with Crippen LogP contribution < -0.4 is 11.3 Å². The Bertz CT molecular complexity index is 821. The van der Waals surface area contributed by atoms with Crippen LogP contribution in [0.2, 0.25) is 0 Å². The molecule has 0 unspecified atom stereocenters. The Balaban J connectivity index is 1.76. The van der Waals surface area contributed by atoms with Gasteiger partial charge in [0.05, 0.1) is 6.33 Å². The quantitative estimate of drug-likeness (QED) is 0.760. The van der Waals surface area contributed by atoms with Crippen molar-refractivity contribution in [1.29, 1.82) is 0 Å². The summed E-state index contributed by atoms with van der Waals surface area (Å²) >= 11 is 0. The summed E-state index contributed by atoms with van der Waals surface area (Å²) in [6.07, 6.45) is 2.85. The summed E-state index contributed by atoms with van der Waals surface area (Å²) in [5, 5.41) is 0. The number of aryl methyl sites for hydroxylation is 1. The van der Waals surface area contributed by atoms with Crippen LogP contribution in [0, 0.1) is 5.82 Å². The zero-order valence-corrected chi connectivity index (χ0v) is 11.2. The highest BCUT2D eigenvalue weighted by Gasteiger charge is 2.10. The lowest BCUT2D eigenvalue weighted by atomic mass is 10.1. The molecule has 0 saturated carbocycles. The highest BCUT2D eigenvalue weighted by Crippen LogP contribution is 2.08. The van der Waals surface area contributed by atoms with Crippen LogP contribution in [0.5, 0.6) is 0 Å². The third-order valence-electron chi connectivity index (χ3n) is 3.34. The first-order valence-corrected chi connectivity index (χ1v) is 6.59. The minimum absolute atomic E-state index is 0.152. The largest absolute Gasteiger partial charge is 0.369 e.